The summed E-state index contributed by atoms with van der Waals surface area (Å²) in [5.74, 6) is -0.298. The van der Waals surface area contributed by atoms with E-state index < -0.39 is 18.2 Å². The minimum Gasteiger partial charge on any atom is -0.506 e. The molecular formula is C15H16N6O3. The van der Waals surface area contributed by atoms with Crippen molar-refractivity contribution in [3.05, 3.63) is 54.2 Å². The minimum atomic E-state index is -1.64. The number of nitrogens with two attached hydrogens (primary N) is 1. The number of rotatable bonds is 5. The number of aliphatic hydroxyl groups excluding tert-OH is 1. The van der Waals surface area contributed by atoms with Gasteiger partial charge in [0.2, 0.25) is 0 Å². The zero-order valence-electron chi connectivity index (χ0n) is 12.6. The lowest BCUT2D eigenvalue weighted by molar-refractivity contribution is -0.129. The van der Waals surface area contributed by atoms with Crippen LogP contribution >= 0.6 is 0 Å². The van der Waals surface area contributed by atoms with Gasteiger partial charge >= 0.3 is 0 Å². The summed E-state index contributed by atoms with van der Waals surface area (Å²) < 4.78 is 1.57. The number of aromatic nitrogens is 4. The monoisotopic (exact) mass is 328 g/mol. The summed E-state index contributed by atoms with van der Waals surface area (Å²) in [6.45, 7) is 0. The van der Waals surface area contributed by atoms with Crippen LogP contribution in [0.5, 0.6) is 5.75 Å². The molecule has 2 unspecified atom stereocenters. The van der Waals surface area contributed by atoms with Crippen molar-refractivity contribution >= 4 is 11.6 Å². The van der Waals surface area contributed by atoms with Crippen LogP contribution in [-0.2, 0) is 11.2 Å². The predicted molar refractivity (Wildman–Crippen MR) is 83.7 cm³/mol. The van der Waals surface area contributed by atoms with Gasteiger partial charge in [0.25, 0.3) is 5.91 Å². The van der Waals surface area contributed by atoms with Gasteiger partial charge in [-0.1, -0.05) is 6.07 Å². The Hall–Kier alpha value is -3.04. The van der Waals surface area contributed by atoms with Crippen LogP contribution in [0, 0.1) is 0 Å². The Bertz CT molecular complexity index is 849. The van der Waals surface area contributed by atoms with E-state index in [2.05, 4.69) is 20.5 Å². The van der Waals surface area contributed by atoms with E-state index in [9.17, 15) is 15.0 Å². The lowest BCUT2D eigenvalue weighted by Crippen LogP contribution is -2.43. The second kappa shape index (κ2) is 6.60. The number of pyridine rings is 2. The fourth-order valence-electron chi connectivity index (χ4n) is 2.35. The zero-order chi connectivity index (χ0) is 17.1. The van der Waals surface area contributed by atoms with Crippen LogP contribution in [0.3, 0.4) is 0 Å². The lowest BCUT2D eigenvalue weighted by atomic mass is 10.1. The molecule has 3 aromatic rings. The van der Waals surface area contributed by atoms with Crippen LogP contribution < -0.4 is 11.1 Å². The molecule has 3 aromatic heterocycles. The van der Waals surface area contributed by atoms with E-state index in [0.717, 1.165) is 5.56 Å². The van der Waals surface area contributed by atoms with Crippen molar-refractivity contribution in [3.8, 4) is 5.75 Å². The van der Waals surface area contributed by atoms with Gasteiger partial charge in [-0.3, -0.25) is 19.9 Å². The van der Waals surface area contributed by atoms with E-state index in [0.29, 0.717) is 17.9 Å². The molecule has 1 amide bonds. The van der Waals surface area contributed by atoms with Gasteiger partial charge in [-0.2, -0.15) is 0 Å². The molecule has 0 aromatic carbocycles. The molecule has 0 spiro atoms. The maximum atomic E-state index is 11.8. The first-order chi connectivity index (χ1) is 11.5. The molecule has 0 aliphatic heterocycles. The van der Waals surface area contributed by atoms with E-state index in [1.807, 2.05) is 6.07 Å². The highest BCUT2D eigenvalue weighted by atomic mass is 16.3. The second-order valence-corrected chi connectivity index (χ2v) is 5.25. The minimum absolute atomic E-state index is 0.0360. The Balaban J connectivity index is 1.99. The molecule has 124 valence electrons. The third-order valence-electron chi connectivity index (χ3n) is 3.47. The molecule has 0 fully saturated rings. The number of nitrogens with zero attached hydrogens (tertiary/aromatic N) is 4. The van der Waals surface area contributed by atoms with E-state index >= 15 is 0 Å². The fourth-order valence-corrected chi connectivity index (χ4v) is 2.35. The Labute approximate surface area is 136 Å². The highest BCUT2D eigenvalue weighted by Crippen LogP contribution is 2.20. The topological polar surface area (TPSA) is 139 Å². The standard InChI is InChI=1S/C15H16N6O3/c16-13(23)15(24)18-11(6-9-2-1-5-17-7-9)14-20-19-12-4-3-10(22)8-21(12)14/h1-5,7-8,11,13,22-23H,6,16H2,(H,18,24). The van der Waals surface area contributed by atoms with Crippen molar-refractivity contribution in [2.45, 2.75) is 18.7 Å². The molecule has 2 atom stereocenters. The summed E-state index contributed by atoms with van der Waals surface area (Å²) >= 11 is 0. The Morgan fingerprint density at radius 2 is 2.17 bits per heavy atom. The number of carbonyl (C=O) groups is 1. The third-order valence-corrected chi connectivity index (χ3v) is 3.47. The first kappa shape index (κ1) is 15.8. The first-order valence-corrected chi connectivity index (χ1v) is 7.21. The van der Waals surface area contributed by atoms with Crippen molar-refractivity contribution in [2.75, 3.05) is 0 Å². The van der Waals surface area contributed by atoms with Gasteiger partial charge in [0.1, 0.15) is 5.75 Å². The molecule has 9 nitrogen and oxygen atoms in total. The van der Waals surface area contributed by atoms with Crippen LogP contribution in [0.2, 0.25) is 0 Å². The van der Waals surface area contributed by atoms with Crippen LogP contribution in [-0.4, -0.2) is 41.9 Å². The van der Waals surface area contributed by atoms with Crippen molar-refractivity contribution in [3.63, 3.8) is 0 Å². The number of hydrogen-bond acceptors (Lipinski definition) is 7. The highest BCUT2D eigenvalue weighted by molar-refractivity contribution is 5.80. The molecular weight excluding hydrogens is 312 g/mol. The second-order valence-electron chi connectivity index (χ2n) is 5.25. The maximum absolute atomic E-state index is 11.8. The van der Waals surface area contributed by atoms with Crippen LogP contribution in [0.1, 0.15) is 17.4 Å². The highest BCUT2D eigenvalue weighted by Gasteiger charge is 2.23. The molecule has 9 heteroatoms. The normalized spacial score (nSPS) is 13.6. The number of aliphatic hydroxyl groups is 1. The zero-order valence-corrected chi connectivity index (χ0v) is 12.6. The molecule has 0 bridgehead atoms. The summed E-state index contributed by atoms with van der Waals surface area (Å²) in [5, 5.41) is 29.7. The molecule has 0 saturated carbocycles. The molecule has 24 heavy (non-hydrogen) atoms. The summed E-state index contributed by atoms with van der Waals surface area (Å²) in [4.78, 5) is 15.9. The average molecular weight is 328 g/mol. The summed E-state index contributed by atoms with van der Waals surface area (Å²) in [7, 11) is 0. The van der Waals surface area contributed by atoms with Gasteiger partial charge in [0, 0.05) is 18.8 Å². The Kier molecular flexibility index (Phi) is 4.36. The maximum Gasteiger partial charge on any atom is 0.264 e. The third kappa shape index (κ3) is 3.31. The van der Waals surface area contributed by atoms with Gasteiger partial charge in [0.15, 0.2) is 17.7 Å². The molecule has 3 heterocycles. The Morgan fingerprint density at radius 1 is 1.33 bits per heavy atom. The largest absolute Gasteiger partial charge is 0.506 e. The van der Waals surface area contributed by atoms with Crippen LogP contribution in [0.25, 0.3) is 5.65 Å². The summed E-state index contributed by atoms with van der Waals surface area (Å²) in [6.07, 6.45) is 3.48. The summed E-state index contributed by atoms with van der Waals surface area (Å²) in [5.41, 5.74) is 6.58. The predicted octanol–water partition coefficient (Wildman–Crippen LogP) is -0.493. The number of carbonyl (C=O) groups excluding carboxylic acids is 1. The van der Waals surface area contributed by atoms with Crippen molar-refractivity contribution in [1.29, 1.82) is 0 Å². The number of fused-ring (bicyclic) bond motifs is 1. The van der Waals surface area contributed by atoms with E-state index in [1.54, 1.807) is 28.9 Å². The number of aromatic hydroxyl groups is 1. The molecule has 3 rings (SSSR count). The number of hydrogen-bond donors (Lipinski definition) is 4. The van der Waals surface area contributed by atoms with Gasteiger partial charge in [0.05, 0.1) is 12.2 Å². The van der Waals surface area contributed by atoms with E-state index in [1.165, 1.54) is 12.3 Å². The van der Waals surface area contributed by atoms with Crippen molar-refractivity contribution < 1.29 is 15.0 Å². The molecule has 0 radical (unpaired) electrons. The quantitative estimate of drug-likeness (QED) is 0.463. The Morgan fingerprint density at radius 3 is 2.88 bits per heavy atom. The van der Waals surface area contributed by atoms with Gasteiger partial charge in [-0.05, 0) is 23.8 Å². The average Bonchev–Trinajstić information content (AvgIpc) is 2.98. The van der Waals surface area contributed by atoms with Crippen LogP contribution in [0.15, 0.2) is 42.9 Å². The number of nitrogens with one attached hydrogen (secondary N) is 1. The molecule has 5 N–H and O–H groups in total. The van der Waals surface area contributed by atoms with Crippen LogP contribution in [0.4, 0.5) is 0 Å². The van der Waals surface area contributed by atoms with Gasteiger partial charge < -0.3 is 15.5 Å². The van der Waals surface area contributed by atoms with Gasteiger partial charge in [-0.25, -0.2) is 0 Å². The van der Waals surface area contributed by atoms with Crippen molar-refractivity contribution in [1.82, 2.24) is 24.9 Å². The van der Waals surface area contributed by atoms with E-state index in [4.69, 9.17) is 5.73 Å². The first-order valence-electron chi connectivity index (χ1n) is 7.21. The van der Waals surface area contributed by atoms with Gasteiger partial charge in [-0.15, -0.1) is 10.2 Å². The molecule has 0 saturated heterocycles. The lowest BCUT2D eigenvalue weighted by Gasteiger charge is -2.18. The summed E-state index contributed by atoms with van der Waals surface area (Å²) in [6, 6.07) is 6.11. The van der Waals surface area contributed by atoms with E-state index in [-0.39, 0.29) is 5.75 Å². The smallest absolute Gasteiger partial charge is 0.264 e. The van der Waals surface area contributed by atoms with Crippen molar-refractivity contribution in [2.24, 2.45) is 5.73 Å². The molecule has 0 aliphatic carbocycles. The SMILES string of the molecule is NC(O)C(=O)NC(Cc1cccnc1)c1nnc2ccc(O)cn12. The number of amides is 1. The molecule has 0 aliphatic rings. The fraction of sp³-hybridized carbons (Fsp3) is 0.200.